The van der Waals surface area contributed by atoms with Gasteiger partial charge in [-0.15, -0.1) is 0 Å². The summed E-state index contributed by atoms with van der Waals surface area (Å²) < 4.78 is 40.1. The molecule has 1 aliphatic heterocycles. The van der Waals surface area contributed by atoms with Gasteiger partial charge in [0.2, 0.25) is 0 Å². The third-order valence-corrected chi connectivity index (χ3v) is 3.14. The first-order valence-electron chi connectivity index (χ1n) is 6.52. The largest absolute Gasteiger partial charge is 0.431 e. The van der Waals surface area contributed by atoms with E-state index in [1.807, 2.05) is 0 Å². The molecule has 0 unspecified atom stereocenters. The topological polar surface area (TPSA) is 74.2 Å². The van der Waals surface area contributed by atoms with Crippen LogP contribution in [0.3, 0.4) is 0 Å². The Labute approximate surface area is 128 Å². The maximum Gasteiger partial charge on any atom is 0.431 e. The number of aromatic amines is 1. The van der Waals surface area contributed by atoms with Crippen LogP contribution in [0.25, 0.3) is 0 Å². The van der Waals surface area contributed by atoms with Crippen molar-refractivity contribution in [3.63, 3.8) is 0 Å². The molecule has 0 fully saturated rings. The van der Waals surface area contributed by atoms with Crippen LogP contribution in [0.5, 0.6) is 0 Å². The lowest BCUT2D eigenvalue weighted by Crippen LogP contribution is -2.36. The van der Waals surface area contributed by atoms with E-state index in [0.717, 1.165) is 17.0 Å². The van der Waals surface area contributed by atoms with E-state index in [1.54, 1.807) is 12.1 Å². The van der Waals surface area contributed by atoms with Gasteiger partial charge in [0.25, 0.3) is 5.56 Å². The monoisotopic (exact) mass is 321 g/mol. The van der Waals surface area contributed by atoms with Gasteiger partial charge in [0, 0.05) is 24.0 Å². The lowest BCUT2D eigenvalue weighted by molar-refractivity contribution is -0.0934. The first kappa shape index (κ1) is 14.9. The molecular weight excluding hydrogens is 311 g/mol. The average Bonchev–Trinajstić information content (AvgIpc) is 2.55. The number of nitrogens with zero attached hydrogens (tertiary/aromatic N) is 4. The van der Waals surface area contributed by atoms with Crippen molar-refractivity contribution in [2.24, 2.45) is 4.99 Å². The number of aromatic nitrogens is 3. The van der Waals surface area contributed by atoms with E-state index in [9.17, 15) is 18.0 Å². The van der Waals surface area contributed by atoms with Gasteiger partial charge < -0.3 is 4.90 Å². The number of allylic oxidation sites excluding steroid dienone is 2. The van der Waals surface area contributed by atoms with E-state index in [4.69, 9.17) is 0 Å². The number of anilines is 1. The minimum Gasteiger partial charge on any atom is -0.300 e. The maximum absolute atomic E-state index is 13.4. The molecule has 0 radical (unpaired) electrons. The zero-order chi connectivity index (χ0) is 16.4. The van der Waals surface area contributed by atoms with Gasteiger partial charge in [-0.05, 0) is 24.3 Å². The number of rotatable bonds is 2. The van der Waals surface area contributed by atoms with Crippen LogP contribution in [-0.4, -0.2) is 33.7 Å². The lowest BCUT2D eigenvalue weighted by atomic mass is 10.1. The van der Waals surface area contributed by atoms with E-state index in [1.165, 1.54) is 18.5 Å². The molecule has 2 aromatic rings. The summed E-state index contributed by atoms with van der Waals surface area (Å²) in [7, 11) is 0. The third kappa shape index (κ3) is 3.12. The normalized spacial score (nSPS) is 15.2. The second-order valence-corrected chi connectivity index (χ2v) is 4.66. The van der Waals surface area contributed by atoms with Crippen molar-refractivity contribution in [1.82, 2.24) is 15.2 Å². The Balaban J connectivity index is 2.02. The van der Waals surface area contributed by atoms with Crippen LogP contribution in [0.2, 0.25) is 0 Å². The Morgan fingerprint density at radius 2 is 2.04 bits per heavy atom. The third-order valence-electron chi connectivity index (χ3n) is 3.14. The molecule has 3 heterocycles. The van der Waals surface area contributed by atoms with Crippen LogP contribution in [0, 0.1) is 0 Å². The zero-order valence-electron chi connectivity index (χ0n) is 11.6. The molecule has 0 atom stereocenters. The Hall–Kier alpha value is -2.97. The molecular formula is C14H10F3N5O. The summed E-state index contributed by atoms with van der Waals surface area (Å²) >= 11 is 0. The van der Waals surface area contributed by atoms with Crippen LogP contribution in [-0.2, 0) is 0 Å². The van der Waals surface area contributed by atoms with Gasteiger partial charge >= 0.3 is 6.18 Å². The van der Waals surface area contributed by atoms with E-state index in [-0.39, 0.29) is 18.2 Å². The fourth-order valence-corrected chi connectivity index (χ4v) is 2.08. The molecule has 3 rings (SSSR count). The van der Waals surface area contributed by atoms with Gasteiger partial charge in [0.1, 0.15) is 12.4 Å². The van der Waals surface area contributed by atoms with Crippen LogP contribution in [0.1, 0.15) is 5.56 Å². The summed E-state index contributed by atoms with van der Waals surface area (Å²) in [6, 6.07) is 5.57. The first-order chi connectivity index (χ1) is 10.9. The Bertz CT molecular complexity index is 806. The van der Waals surface area contributed by atoms with Crippen molar-refractivity contribution in [1.29, 1.82) is 0 Å². The zero-order valence-corrected chi connectivity index (χ0v) is 11.6. The maximum atomic E-state index is 13.4. The minimum atomic E-state index is -4.60. The minimum absolute atomic E-state index is 0.0397. The smallest absolute Gasteiger partial charge is 0.300 e. The quantitative estimate of drug-likeness (QED) is 0.916. The van der Waals surface area contributed by atoms with Crippen molar-refractivity contribution in [2.45, 2.75) is 6.18 Å². The Morgan fingerprint density at radius 1 is 1.22 bits per heavy atom. The molecule has 0 spiro atoms. The summed E-state index contributed by atoms with van der Waals surface area (Å²) in [6.07, 6.45) is -0.691. The summed E-state index contributed by atoms with van der Waals surface area (Å²) in [5.41, 5.74) is -0.733. The summed E-state index contributed by atoms with van der Waals surface area (Å²) in [5.74, 6) is -0.0397. The molecule has 0 aromatic carbocycles. The predicted octanol–water partition coefficient (Wildman–Crippen LogP) is 1.88. The number of pyridine rings is 1. The molecule has 0 aliphatic carbocycles. The molecule has 2 aromatic heterocycles. The van der Waals surface area contributed by atoms with Crippen molar-refractivity contribution in [3.8, 4) is 0 Å². The van der Waals surface area contributed by atoms with Crippen LogP contribution in [0.15, 0.2) is 58.2 Å². The van der Waals surface area contributed by atoms with Crippen LogP contribution >= 0.6 is 0 Å². The SMILES string of the molecule is O=c1ccc(N2CN=C(c3cccnc3)C=C2C(F)(F)F)n[nH]1. The molecule has 0 saturated heterocycles. The van der Waals surface area contributed by atoms with E-state index in [0.29, 0.717) is 5.56 Å². The number of H-pyrrole nitrogens is 1. The highest BCUT2D eigenvalue weighted by Crippen LogP contribution is 2.33. The molecule has 1 aliphatic rings. The van der Waals surface area contributed by atoms with Gasteiger partial charge in [-0.3, -0.25) is 14.8 Å². The van der Waals surface area contributed by atoms with E-state index in [2.05, 4.69) is 20.2 Å². The van der Waals surface area contributed by atoms with E-state index >= 15 is 0 Å². The number of alkyl halides is 3. The Morgan fingerprint density at radius 3 is 2.65 bits per heavy atom. The first-order valence-corrected chi connectivity index (χ1v) is 6.52. The second kappa shape index (κ2) is 5.67. The number of nitrogens with one attached hydrogen (secondary N) is 1. The highest BCUT2D eigenvalue weighted by Gasteiger charge is 2.40. The van der Waals surface area contributed by atoms with Gasteiger partial charge in [-0.1, -0.05) is 0 Å². The van der Waals surface area contributed by atoms with Gasteiger partial charge in [-0.25, -0.2) is 5.10 Å². The fraction of sp³-hybridized carbons (Fsp3) is 0.143. The van der Waals surface area contributed by atoms with Gasteiger partial charge in [0.15, 0.2) is 5.82 Å². The molecule has 0 bridgehead atoms. The average molecular weight is 321 g/mol. The molecule has 0 saturated carbocycles. The summed E-state index contributed by atoms with van der Waals surface area (Å²) in [6.45, 7) is -0.269. The predicted molar refractivity (Wildman–Crippen MR) is 77.1 cm³/mol. The molecule has 0 amide bonds. The molecule has 23 heavy (non-hydrogen) atoms. The molecule has 9 heteroatoms. The highest BCUT2D eigenvalue weighted by atomic mass is 19.4. The number of halogens is 3. The van der Waals surface area contributed by atoms with Crippen molar-refractivity contribution in [3.05, 3.63) is 64.3 Å². The lowest BCUT2D eigenvalue weighted by Gasteiger charge is -2.29. The van der Waals surface area contributed by atoms with Crippen LogP contribution < -0.4 is 10.5 Å². The Kier molecular flexibility index (Phi) is 3.68. The van der Waals surface area contributed by atoms with Crippen molar-refractivity contribution < 1.29 is 13.2 Å². The van der Waals surface area contributed by atoms with Crippen molar-refractivity contribution in [2.75, 3.05) is 11.6 Å². The molecule has 118 valence electrons. The standard InChI is InChI=1S/C14H10F3N5O/c15-14(16,17)11-6-10(9-2-1-5-18-7-9)19-8-22(11)12-3-4-13(23)21-20-12/h1-7H,8H2,(H,21,23). The van der Waals surface area contributed by atoms with Crippen molar-refractivity contribution >= 4 is 11.5 Å². The van der Waals surface area contributed by atoms with Gasteiger partial charge in [0.05, 0.1) is 5.71 Å². The van der Waals surface area contributed by atoms with Crippen LogP contribution in [0.4, 0.5) is 19.0 Å². The second-order valence-electron chi connectivity index (χ2n) is 4.66. The number of hydrogen-bond acceptors (Lipinski definition) is 5. The summed E-state index contributed by atoms with van der Waals surface area (Å²) in [5, 5.41) is 5.74. The molecule has 6 nitrogen and oxygen atoms in total. The van der Waals surface area contributed by atoms with E-state index < -0.39 is 17.4 Å². The summed E-state index contributed by atoms with van der Waals surface area (Å²) in [4.78, 5) is 19.9. The highest BCUT2D eigenvalue weighted by molar-refractivity contribution is 6.09. The molecule has 1 N–H and O–H groups in total. The number of aliphatic imine (C=N–C) groups is 1. The fourth-order valence-electron chi connectivity index (χ4n) is 2.08. The number of hydrogen-bond donors (Lipinski definition) is 1. The van der Waals surface area contributed by atoms with Gasteiger partial charge in [-0.2, -0.15) is 18.3 Å².